The largest absolute Gasteiger partial charge is 0.469 e. The molecule has 0 saturated carbocycles. The normalized spacial score (nSPS) is 13.7. The Balaban J connectivity index is 3.86. The first-order valence-electron chi connectivity index (χ1n) is 7.73. The predicted molar refractivity (Wildman–Crippen MR) is 79.1 cm³/mol. The minimum absolute atomic E-state index is 0.278. The van der Waals surface area contributed by atoms with Gasteiger partial charge in [0.15, 0.2) is 0 Å². The van der Waals surface area contributed by atoms with Crippen LogP contribution in [0.15, 0.2) is 0 Å². The van der Waals surface area contributed by atoms with Gasteiger partial charge in [-0.15, -0.1) is 0 Å². The standard InChI is InChI=1S/C14H31O4P/c1-3-5-7-9-11-13-14(18-19(15,16)17)12-10-8-6-4-2/h14H,3-13H2,1-2H3,(H2,15,16,17). The molecule has 0 aromatic rings. The molecular weight excluding hydrogens is 263 g/mol. The van der Waals surface area contributed by atoms with Gasteiger partial charge < -0.3 is 9.79 Å². The van der Waals surface area contributed by atoms with Gasteiger partial charge in [0.25, 0.3) is 0 Å². The van der Waals surface area contributed by atoms with Gasteiger partial charge in [0, 0.05) is 0 Å². The lowest BCUT2D eigenvalue weighted by atomic mass is 10.0. The Morgan fingerprint density at radius 1 is 0.842 bits per heavy atom. The van der Waals surface area contributed by atoms with E-state index in [-0.39, 0.29) is 6.10 Å². The summed E-state index contributed by atoms with van der Waals surface area (Å²) in [4.78, 5) is 17.8. The summed E-state index contributed by atoms with van der Waals surface area (Å²) in [7, 11) is -4.34. The number of hydrogen-bond acceptors (Lipinski definition) is 2. The van der Waals surface area contributed by atoms with E-state index in [2.05, 4.69) is 13.8 Å². The maximum absolute atomic E-state index is 10.9. The summed E-state index contributed by atoms with van der Waals surface area (Å²) in [5.41, 5.74) is 0. The van der Waals surface area contributed by atoms with Gasteiger partial charge in [-0.1, -0.05) is 71.6 Å². The molecule has 0 aromatic carbocycles. The van der Waals surface area contributed by atoms with Crippen molar-refractivity contribution < 1.29 is 18.9 Å². The molecule has 5 heteroatoms. The van der Waals surface area contributed by atoms with Crippen molar-refractivity contribution in [3.63, 3.8) is 0 Å². The molecule has 19 heavy (non-hydrogen) atoms. The summed E-state index contributed by atoms with van der Waals surface area (Å²) in [6.07, 6.45) is 11.5. The van der Waals surface area contributed by atoms with Crippen molar-refractivity contribution in [3.05, 3.63) is 0 Å². The number of rotatable bonds is 13. The third kappa shape index (κ3) is 14.3. The summed E-state index contributed by atoms with van der Waals surface area (Å²) in [5.74, 6) is 0. The Morgan fingerprint density at radius 2 is 1.26 bits per heavy atom. The molecule has 0 radical (unpaired) electrons. The van der Waals surface area contributed by atoms with Gasteiger partial charge >= 0.3 is 7.82 Å². The van der Waals surface area contributed by atoms with Crippen LogP contribution in [0.25, 0.3) is 0 Å². The molecule has 0 bridgehead atoms. The SMILES string of the molecule is CCCCCCCC(CCCCCC)OP(=O)(O)O. The first-order valence-corrected chi connectivity index (χ1v) is 9.26. The molecule has 1 unspecified atom stereocenters. The van der Waals surface area contributed by atoms with Crippen LogP contribution in [0, 0.1) is 0 Å². The molecule has 0 aliphatic rings. The van der Waals surface area contributed by atoms with E-state index >= 15 is 0 Å². The number of hydrogen-bond donors (Lipinski definition) is 2. The molecule has 116 valence electrons. The van der Waals surface area contributed by atoms with Crippen molar-refractivity contribution in [1.29, 1.82) is 0 Å². The average molecular weight is 294 g/mol. The maximum Gasteiger partial charge on any atom is 0.469 e. The highest BCUT2D eigenvalue weighted by Gasteiger charge is 2.21. The Hall–Kier alpha value is 0.110. The average Bonchev–Trinajstić information content (AvgIpc) is 2.32. The van der Waals surface area contributed by atoms with E-state index in [1.54, 1.807) is 0 Å². The van der Waals surface area contributed by atoms with Crippen molar-refractivity contribution in [3.8, 4) is 0 Å². The third-order valence-electron chi connectivity index (χ3n) is 3.30. The molecule has 0 aromatic heterocycles. The van der Waals surface area contributed by atoms with Gasteiger partial charge in [-0.3, -0.25) is 4.52 Å². The minimum atomic E-state index is -4.34. The zero-order valence-electron chi connectivity index (χ0n) is 12.5. The van der Waals surface area contributed by atoms with E-state index in [1.807, 2.05) is 0 Å². The molecule has 0 rings (SSSR count). The summed E-state index contributed by atoms with van der Waals surface area (Å²) < 4.78 is 15.8. The van der Waals surface area contributed by atoms with Crippen LogP contribution in [-0.2, 0) is 9.09 Å². The maximum atomic E-state index is 10.9. The van der Waals surface area contributed by atoms with Gasteiger partial charge in [0.05, 0.1) is 6.10 Å². The van der Waals surface area contributed by atoms with Gasteiger partial charge in [-0.2, -0.15) is 0 Å². The smallest absolute Gasteiger partial charge is 0.303 e. The topological polar surface area (TPSA) is 66.8 Å². The molecule has 4 nitrogen and oxygen atoms in total. The van der Waals surface area contributed by atoms with Crippen LogP contribution in [0.5, 0.6) is 0 Å². The van der Waals surface area contributed by atoms with E-state index in [4.69, 9.17) is 14.3 Å². The number of phosphoric ester groups is 1. The van der Waals surface area contributed by atoms with Crippen LogP contribution in [0.2, 0.25) is 0 Å². The fraction of sp³-hybridized carbons (Fsp3) is 1.00. The van der Waals surface area contributed by atoms with Crippen molar-refractivity contribution in [1.82, 2.24) is 0 Å². The quantitative estimate of drug-likeness (QED) is 0.378. The predicted octanol–water partition coefficient (Wildman–Crippen LogP) is 4.80. The number of unbranched alkanes of at least 4 members (excludes halogenated alkanes) is 7. The molecule has 0 aliphatic heterocycles. The Morgan fingerprint density at radius 3 is 1.68 bits per heavy atom. The zero-order chi connectivity index (χ0) is 14.6. The minimum Gasteiger partial charge on any atom is -0.303 e. The van der Waals surface area contributed by atoms with Crippen molar-refractivity contribution >= 4 is 7.82 Å². The molecule has 0 heterocycles. The Bertz CT molecular complexity index is 240. The first-order chi connectivity index (χ1) is 8.99. The van der Waals surface area contributed by atoms with Gasteiger partial charge in [-0.05, 0) is 12.8 Å². The third-order valence-corrected chi connectivity index (χ3v) is 3.87. The van der Waals surface area contributed by atoms with E-state index in [0.29, 0.717) is 0 Å². The van der Waals surface area contributed by atoms with Crippen LogP contribution < -0.4 is 0 Å². The van der Waals surface area contributed by atoms with Crippen LogP contribution in [0.4, 0.5) is 0 Å². The van der Waals surface area contributed by atoms with Crippen LogP contribution >= 0.6 is 7.82 Å². The van der Waals surface area contributed by atoms with Crippen LogP contribution in [-0.4, -0.2) is 15.9 Å². The fourth-order valence-corrected chi connectivity index (χ4v) is 2.82. The molecule has 0 fully saturated rings. The van der Waals surface area contributed by atoms with Crippen molar-refractivity contribution in [2.45, 2.75) is 90.6 Å². The second-order valence-corrected chi connectivity index (χ2v) is 6.46. The molecule has 0 aliphatic carbocycles. The van der Waals surface area contributed by atoms with Crippen molar-refractivity contribution in [2.24, 2.45) is 0 Å². The van der Waals surface area contributed by atoms with E-state index in [1.165, 1.54) is 32.1 Å². The highest BCUT2D eigenvalue weighted by molar-refractivity contribution is 7.46. The van der Waals surface area contributed by atoms with Crippen molar-refractivity contribution in [2.75, 3.05) is 0 Å². The summed E-state index contributed by atoms with van der Waals surface area (Å²) >= 11 is 0. The monoisotopic (exact) mass is 294 g/mol. The fourth-order valence-electron chi connectivity index (χ4n) is 2.22. The van der Waals surface area contributed by atoms with E-state index in [0.717, 1.165) is 38.5 Å². The second kappa shape index (κ2) is 11.9. The number of phosphoric acid groups is 1. The highest BCUT2D eigenvalue weighted by atomic mass is 31.2. The molecule has 0 saturated heterocycles. The van der Waals surface area contributed by atoms with Crippen LogP contribution in [0.1, 0.15) is 84.5 Å². The molecule has 0 amide bonds. The molecule has 0 spiro atoms. The van der Waals surface area contributed by atoms with Crippen LogP contribution in [0.3, 0.4) is 0 Å². The zero-order valence-corrected chi connectivity index (χ0v) is 13.4. The lowest BCUT2D eigenvalue weighted by Crippen LogP contribution is -2.11. The van der Waals surface area contributed by atoms with Gasteiger partial charge in [-0.25, -0.2) is 4.57 Å². The van der Waals surface area contributed by atoms with Gasteiger partial charge in [0.1, 0.15) is 0 Å². The lowest BCUT2D eigenvalue weighted by molar-refractivity contribution is 0.115. The molecule has 2 N–H and O–H groups in total. The second-order valence-electron chi connectivity index (χ2n) is 5.27. The Labute approximate surface area is 118 Å². The Kier molecular flexibility index (Phi) is 12.0. The van der Waals surface area contributed by atoms with Gasteiger partial charge in [0.2, 0.25) is 0 Å². The lowest BCUT2D eigenvalue weighted by Gasteiger charge is -2.18. The summed E-state index contributed by atoms with van der Waals surface area (Å²) in [5, 5.41) is 0. The van der Waals surface area contributed by atoms with E-state index < -0.39 is 7.82 Å². The van der Waals surface area contributed by atoms with E-state index in [9.17, 15) is 4.57 Å². The summed E-state index contributed by atoms with van der Waals surface area (Å²) in [6.45, 7) is 4.32. The summed E-state index contributed by atoms with van der Waals surface area (Å²) in [6, 6.07) is 0. The first kappa shape index (κ1) is 19.1. The molecule has 1 atom stereocenters. The molecular formula is C14H31O4P. The highest BCUT2D eigenvalue weighted by Crippen LogP contribution is 2.39.